The largest absolute Gasteiger partial charge is 0.342 e. The summed E-state index contributed by atoms with van der Waals surface area (Å²) in [4.78, 5) is 15.9. The first-order chi connectivity index (χ1) is 7.63. The van der Waals surface area contributed by atoms with E-state index in [4.69, 9.17) is 0 Å². The molecule has 0 radical (unpaired) electrons. The molecule has 1 fully saturated rings. The van der Waals surface area contributed by atoms with Gasteiger partial charge in [0.1, 0.15) is 0 Å². The molecule has 1 saturated heterocycles. The molecule has 4 nitrogen and oxygen atoms in total. The predicted molar refractivity (Wildman–Crippen MR) is 66.4 cm³/mol. The molecule has 1 heterocycles. The second kappa shape index (κ2) is 6.86. The Balaban J connectivity index is 2.37. The third kappa shape index (κ3) is 4.49. The lowest BCUT2D eigenvalue weighted by molar-refractivity contribution is -0.132. The minimum Gasteiger partial charge on any atom is -0.342 e. The van der Waals surface area contributed by atoms with Crippen LogP contribution in [0.3, 0.4) is 0 Å². The third-order valence-electron chi connectivity index (χ3n) is 3.12. The fraction of sp³-hybridized carbons (Fsp3) is 0.917. The summed E-state index contributed by atoms with van der Waals surface area (Å²) in [6.07, 6.45) is 2.40. The summed E-state index contributed by atoms with van der Waals surface area (Å²) in [5.74, 6) is 0.943. The normalized spacial score (nSPS) is 17.8. The predicted octanol–water partition coefficient (Wildman–Crippen LogP) is 0.396. The molecule has 0 saturated carbocycles. The van der Waals surface area contributed by atoms with E-state index in [0.29, 0.717) is 12.5 Å². The van der Waals surface area contributed by atoms with E-state index < -0.39 is 0 Å². The monoisotopic (exact) mass is 227 g/mol. The fourth-order valence-corrected chi connectivity index (χ4v) is 2.15. The average molecular weight is 227 g/mol. The molecule has 0 spiro atoms. The molecule has 0 aromatic heterocycles. The zero-order chi connectivity index (χ0) is 12.0. The van der Waals surface area contributed by atoms with Crippen LogP contribution in [0.2, 0.25) is 0 Å². The van der Waals surface area contributed by atoms with Crippen molar-refractivity contribution in [1.29, 1.82) is 0 Å². The maximum absolute atomic E-state index is 11.9. The van der Waals surface area contributed by atoms with Crippen LogP contribution < -0.4 is 5.32 Å². The van der Waals surface area contributed by atoms with Gasteiger partial charge in [0.2, 0.25) is 5.91 Å². The zero-order valence-corrected chi connectivity index (χ0v) is 10.8. The maximum Gasteiger partial charge on any atom is 0.236 e. The summed E-state index contributed by atoms with van der Waals surface area (Å²) >= 11 is 0. The van der Waals surface area contributed by atoms with Crippen LogP contribution in [0.5, 0.6) is 0 Å². The highest BCUT2D eigenvalue weighted by molar-refractivity contribution is 5.78. The topological polar surface area (TPSA) is 35.6 Å². The van der Waals surface area contributed by atoms with Gasteiger partial charge in [-0.3, -0.25) is 4.79 Å². The Labute approximate surface area is 99.0 Å². The van der Waals surface area contributed by atoms with Crippen LogP contribution in [0.1, 0.15) is 19.8 Å². The lowest BCUT2D eigenvalue weighted by Gasteiger charge is -2.30. The first kappa shape index (κ1) is 13.5. The van der Waals surface area contributed by atoms with Crippen LogP contribution in [-0.2, 0) is 4.79 Å². The highest BCUT2D eigenvalue weighted by atomic mass is 16.2. The van der Waals surface area contributed by atoms with Crippen LogP contribution in [0, 0.1) is 5.92 Å². The molecule has 16 heavy (non-hydrogen) atoms. The number of nitrogens with one attached hydrogen (secondary N) is 1. The van der Waals surface area contributed by atoms with E-state index in [0.717, 1.165) is 26.2 Å². The first-order valence-electron chi connectivity index (χ1n) is 6.26. The minimum atomic E-state index is 0.256. The van der Waals surface area contributed by atoms with Gasteiger partial charge in [0.25, 0.3) is 0 Å². The molecule has 0 aromatic carbocycles. The van der Waals surface area contributed by atoms with Gasteiger partial charge >= 0.3 is 0 Å². The van der Waals surface area contributed by atoms with Crippen LogP contribution in [0.15, 0.2) is 0 Å². The van der Waals surface area contributed by atoms with Crippen LogP contribution in [-0.4, -0.2) is 62.5 Å². The maximum atomic E-state index is 11.9. The number of hydrogen-bond donors (Lipinski definition) is 1. The van der Waals surface area contributed by atoms with Crippen LogP contribution in [0.25, 0.3) is 0 Å². The van der Waals surface area contributed by atoms with Crippen molar-refractivity contribution in [2.45, 2.75) is 19.8 Å². The number of carbonyl (C=O) groups excluding carboxylic acids is 1. The highest BCUT2D eigenvalue weighted by Crippen LogP contribution is 2.13. The zero-order valence-electron chi connectivity index (χ0n) is 10.8. The van der Waals surface area contributed by atoms with Crippen molar-refractivity contribution in [3.63, 3.8) is 0 Å². The number of hydrogen-bond acceptors (Lipinski definition) is 3. The fourth-order valence-electron chi connectivity index (χ4n) is 2.15. The summed E-state index contributed by atoms with van der Waals surface area (Å²) in [6, 6.07) is 0. The first-order valence-corrected chi connectivity index (χ1v) is 6.26. The van der Waals surface area contributed by atoms with Crippen molar-refractivity contribution in [2.24, 2.45) is 5.92 Å². The van der Waals surface area contributed by atoms with Crippen molar-refractivity contribution in [2.75, 3.05) is 46.8 Å². The van der Waals surface area contributed by atoms with E-state index >= 15 is 0 Å². The number of amides is 1. The Bertz CT molecular complexity index is 212. The number of piperidine rings is 1. The third-order valence-corrected chi connectivity index (χ3v) is 3.12. The van der Waals surface area contributed by atoms with Gasteiger partial charge in [0.15, 0.2) is 0 Å². The molecular weight excluding hydrogens is 202 g/mol. The molecule has 4 heteroatoms. The molecule has 1 N–H and O–H groups in total. The van der Waals surface area contributed by atoms with E-state index in [9.17, 15) is 4.79 Å². The molecule has 0 aromatic rings. The van der Waals surface area contributed by atoms with E-state index in [2.05, 4.69) is 12.2 Å². The van der Waals surface area contributed by atoms with Gasteiger partial charge < -0.3 is 15.1 Å². The second-order valence-electron chi connectivity index (χ2n) is 4.86. The van der Waals surface area contributed by atoms with Crippen LogP contribution in [0.4, 0.5) is 0 Å². The Morgan fingerprint density at radius 3 is 2.44 bits per heavy atom. The molecule has 1 amide bonds. The second-order valence-corrected chi connectivity index (χ2v) is 4.86. The van der Waals surface area contributed by atoms with Gasteiger partial charge in [-0.1, -0.05) is 0 Å². The Hall–Kier alpha value is -0.610. The molecular formula is C12H25N3O. The van der Waals surface area contributed by atoms with Crippen LogP contribution >= 0.6 is 0 Å². The molecule has 0 atom stereocenters. The van der Waals surface area contributed by atoms with Gasteiger partial charge in [-0.2, -0.15) is 0 Å². The number of rotatable bonds is 5. The quantitative estimate of drug-likeness (QED) is 0.738. The number of carbonyl (C=O) groups is 1. The molecule has 1 rings (SSSR count). The van der Waals surface area contributed by atoms with Crippen molar-refractivity contribution >= 4 is 5.91 Å². The summed E-state index contributed by atoms with van der Waals surface area (Å²) in [5, 5.41) is 3.36. The van der Waals surface area contributed by atoms with Gasteiger partial charge in [-0.25, -0.2) is 0 Å². The van der Waals surface area contributed by atoms with Gasteiger partial charge in [-0.15, -0.1) is 0 Å². The average Bonchev–Trinajstić information content (AvgIpc) is 2.26. The number of nitrogens with zero attached hydrogens (tertiary/aromatic N) is 2. The Kier molecular flexibility index (Phi) is 5.77. The molecule has 1 aliphatic rings. The molecule has 94 valence electrons. The lowest BCUT2D eigenvalue weighted by Crippen LogP contribution is -2.42. The standard InChI is InChI=1S/C12H25N3O/c1-4-15(12(16)10-14(2)3)9-11-5-7-13-8-6-11/h11,13H,4-10H2,1-3H3. The molecule has 0 aliphatic carbocycles. The number of likely N-dealkylation sites (N-methyl/N-ethyl adjacent to an activating group) is 2. The minimum absolute atomic E-state index is 0.256. The highest BCUT2D eigenvalue weighted by Gasteiger charge is 2.19. The van der Waals surface area contributed by atoms with E-state index in [1.54, 1.807) is 0 Å². The van der Waals surface area contributed by atoms with Crippen molar-refractivity contribution < 1.29 is 4.79 Å². The van der Waals surface area contributed by atoms with E-state index in [1.165, 1.54) is 12.8 Å². The van der Waals surface area contributed by atoms with Gasteiger partial charge in [0.05, 0.1) is 6.54 Å². The Morgan fingerprint density at radius 2 is 1.94 bits per heavy atom. The summed E-state index contributed by atoms with van der Waals surface area (Å²) in [7, 11) is 3.88. The molecule has 0 bridgehead atoms. The smallest absolute Gasteiger partial charge is 0.236 e. The SMILES string of the molecule is CCN(CC1CCNCC1)C(=O)CN(C)C. The van der Waals surface area contributed by atoms with Gasteiger partial charge in [-0.05, 0) is 52.9 Å². The summed E-state index contributed by atoms with van der Waals surface area (Å²) in [6.45, 7) is 6.56. The summed E-state index contributed by atoms with van der Waals surface area (Å²) in [5.41, 5.74) is 0. The van der Waals surface area contributed by atoms with Gasteiger partial charge in [0, 0.05) is 13.1 Å². The lowest BCUT2D eigenvalue weighted by atomic mass is 9.97. The molecule has 0 unspecified atom stereocenters. The van der Waals surface area contributed by atoms with Crippen molar-refractivity contribution in [3.8, 4) is 0 Å². The Morgan fingerprint density at radius 1 is 1.31 bits per heavy atom. The van der Waals surface area contributed by atoms with Crippen molar-refractivity contribution in [3.05, 3.63) is 0 Å². The van der Waals surface area contributed by atoms with E-state index in [1.807, 2.05) is 23.9 Å². The van der Waals surface area contributed by atoms with E-state index in [-0.39, 0.29) is 5.91 Å². The molecule has 1 aliphatic heterocycles. The summed E-state index contributed by atoms with van der Waals surface area (Å²) < 4.78 is 0. The van der Waals surface area contributed by atoms with Crippen molar-refractivity contribution in [1.82, 2.24) is 15.1 Å².